The number of benzene rings is 1. The number of rotatable bonds is 4. The van der Waals surface area contributed by atoms with Gasteiger partial charge in [0.2, 0.25) is 5.91 Å². The third kappa shape index (κ3) is 3.32. The van der Waals surface area contributed by atoms with E-state index in [0.29, 0.717) is 0 Å². The average Bonchev–Trinajstić information content (AvgIpc) is 2.98. The number of aromatic nitrogens is 2. The van der Waals surface area contributed by atoms with Gasteiger partial charge in [-0.15, -0.1) is 12.4 Å². The van der Waals surface area contributed by atoms with Gasteiger partial charge in [-0.1, -0.05) is 18.1 Å². The zero-order valence-electron chi connectivity index (χ0n) is 14.8. The Morgan fingerprint density at radius 1 is 1.30 bits per heavy atom. The number of carbonyl (C=O) groups is 1. The molecule has 1 saturated carbocycles. The number of hydrogen-bond donors (Lipinski definition) is 2. The van der Waals surface area contributed by atoms with Crippen LogP contribution in [0.3, 0.4) is 0 Å². The predicted molar refractivity (Wildman–Crippen MR) is 96.0 cm³/mol. The largest absolute Gasteiger partial charge is 0.348 e. The van der Waals surface area contributed by atoms with Crippen molar-refractivity contribution in [2.75, 3.05) is 13.1 Å². The molecular weight excluding hydrogens is 378 g/mol. The van der Waals surface area contributed by atoms with E-state index >= 15 is 0 Å². The summed E-state index contributed by atoms with van der Waals surface area (Å²) in [6, 6.07) is 3.51. The van der Waals surface area contributed by atoms with Gasteiger partial charge in [-0.3, -0.25) is 4.79 Å². The van der Waals surface area contributed by atoms with Crippen LogP contribution >= 0.6 is 12.4 Å². The van der Waals surface area contributed by atoms with Crippen LogP contribution in [0.5, 0.6) is 0 Å². The van der Waals surface area contributed by atoms with E-state index < -0.39 is 11.6 Å². The Balaban J connectivity index is 0.00000210. The molecule has 2 aliphatic rings. The Bertz CT molecular complexity index is 833. The zero-order valence-corrected chi connectivity index (χ0v) is 15.7. The lowest BCUT2D eigenvalue weighted by atomic mass is 9.85. The molecule has 1 aliphatic carbocycles. The van der Waals surface area contributed by atoms with E-state index in [9.17, 15) is 13.6 Å². The first kappa shape index (κ1) is 19.7. The number of amides is 1. The Morgan fingerprint density at radius 3 is 2.63 bits per heavy atom. The van der Waals surface area contributed by atoms with Gasteiger partial charge in [0.25, 0.3) is 5.89 Å². The van der Waals surface area contributed by atoms with Crippen LogP contribution in [0, 0.1) is 22.5 Å². The van der Waals surface area contributed by atoms with Gasteiger partial charge in [0.15, 0.2) is 5.82 Å². The normalized spacial score (nSPS) is 22.9. The van der Waals surface area contributed by atoms with E-state index in [-0.39, 0.29) is 53.0 Å². The van der Waals surface area contributed by atoms with Crippen LogP contribution < -0.4 is 10.6 Å². The molecule has 146 valence electrons. The molecule has 1 aromatic heterocycles. The van der Waals surface area contributed by atoms with Crippen LogP contribution in [0.15, 0.2) is 22.7 Å². The quantitative estimate of drug-likeness (QED) is 0.827. The van der Waals surface area contributed by atoms with Crippen molar-refractivity contribution in [2.24, 2.45) is 10.8 Å². The predicted octanol–water partition coefficient (Wildman–Crippen LogP) is 2.83. The van der Waals surface area contributed by atoms with Gasteiger partial charge < -0.3 is 15.2 Å². The summed E-state index contributed by atoms with van der Waals surface area (Å²) in [5, 5.41) is 9.86. The van der Waals surface area contributed by atoms with Crippen LogP contribution in [0.1, 0.15) is 32.0 Å². The summed E-state index contributed by atoms with van der Waals surface area (Å²) in [6.45, 7) is 3.92. The van der Waals surface area contributed by atoms with Crippen LogP contribution in [0.25, 0.3) is 11.5 Å². The highest BCUT2D eigenvalue weighted by Gasteiger charge is 2.67. The highest BCUT2D eigenvalue weighted by molar-refractivity contribution is 5.86. The van der Waals surface area contributed by atoms with Crippen LogP contribution in [-0.4, -0.2) is 29.1 Å². The second kappa shape index (κ2) is 7.16. The highest BCUT2D eigenvalue weighted by Crippen LogP contribution is 2.68. The molecule has 1 aromatic carbocycles. The van der Waals surface area contributed by atoms with E-state index in [2.05, 4.69) is 20.8 Å². The molecule has 1 unspecified atom stereocenters. The van der Waals surface area contributed by atoms with Crippen molar-refractivity contribution in [3.05, 3.63) is 35.7 Å². The van der Waals surface area contributed by atoms with Crippen molar-refractivity contribution in [3.63, 3.8) is 0 Å². The Labute approximate surface area is 161 Å². The van der Waals surface area contributed by atoms with Gasteiger partial charge >= 0.3 is 0 Å². The van der Waals surface area contributed by atoms with Gasteiger partial charge in [-0.2, -0.15) is 4.98 Å². The molecule has 6 nitrogen and oxygen atoms in total. The topological polar surface area (TPSA) is 80.1 Å². The van der Waals surface area contributed by atoms with Gasteiger partial charge in [-0.05, 0) is 49.9 Å². The minimum atomic E-state index is -0.775. The fourth-order valence-electron chi connectivity index (χ4n) is 4.07. The second-order valence-electron chi connectivity index (χ2n) is 7.33. The smallest absolute Gasteiger partial charge is 0.263 e. The van der Waals surface area contributed by atoms with Gasteiger partial charge in [0, 0.05) is 0 Å². The Morgan fingerprint density at radius 2 is 1.96 bits per heavy atom. The van der Waals surface area contributed by atoms with E-state index in [1.807, 2.05) is 6.92 Å². The molecule has 2 N–H and O–H groups in total. The van der Waals surface area contributed by atoms with Crippen molar-refractivity contribution in [1.29, 1.82) is 0 Å². The number of carbonyl (C=O) groups excluding carboxylic acids is 1. The third-order valence-electron chi connectivity index (χ3n) is 5.85. The summed E-state index contributed by atoms with van der Waals surface area (Å²) in [4.78, 5) is 16.6. The number of piperidine rings is 1. The first-order valence-corrected chi connectivity index (χ1v) is 8.71. The molecule has 1 aliphatic heterocycles. The standard InChI is InChI=1S/C18H20F2N4O2.ClH/c1-17(10-18(17)5-7-21-8-6-18)16(25)22-9-13-23-15(26-24-13)14-11(19)3-2-4-12(14)20;/h2-4,21H,5-10H2,1H3,(H,22,25);1H. The van der Waals surface area contributed by atoms with Crippen molar-refractivity contribution >= 4 is 18.3 Å². The van der Waals surface area contributed by atoms with E-state index in [0.717, 1.165) is 44.5 Å². The van der Waals surface area contributed by atoms with Crippen LogP contribution in [0.2, 0.25) is 0 Å². The van der Waals surface area contributed by atoms with Crippen molar-refractivity contribution in [1.82, 2.24) is 20.8 Å². The second-order valence-corrected chi connectivity index (χ2v) is 7.33. The molecule has 2 aromatic rings. The SMILES string of the molecule is CC1(C(=O)NCc2noc(-c3c(F)cccc3F)n2)CC12CCNCC2.Cl. The molecule has 9 heteroatoms. The molecular formula is C18H21ClF2N4O2. The maximum atomic E-state index is 13.8. The van der Waals surface area contributed by atoms with E-state index in [1.165, 1.54) is 6.07 Å². The summed E-state index contributed by atoms with van der Waals surface area (Å²) in [5.41, 5.74) is -0.652. The van der Waals surface area contributed by atoms with Crippen molar-refractivity contribution < 1.29 is 18.1 Å². The number of nitrogens with one attached hydrogen (secondary N) is 2. The lowest BCUT2D eigenvalue weighted by molar-refractivity contribution is -0.127. The molecule has 2 heterocycles. The molecule has 0 radical (unpaired) electrons. The van der Waals surface area contributed by atoms with E-state index in [1.54, 1.807) is 0 Å². The summed E-state index contributed by atoms with van der Waals surface area (Å²) in [7, 11) is 0. The highest BCUT2D eigenvalue weighted by atomic mass is 35.5. The third-order valence-corrected chi connectivity index (χ3v) is 5.85. The first-order valence-electron chi connectivity index (χ1n) is 8.71. The Hall–Kier alpha value is -2.06. The lowest BCUT2D eigenvalue weighted by Crippen LogP contribution is -2.38. The molecule has 1 amide bonds. The molecule has 27 heavy (non-hydrogen) atoms. The lowest BCUT2D eigenvalue weighted by Gasteiger charge is -2.27. The van der Waals surface area contributed by atoms with Gasteiger partial charge in [-0.25, -0.2) is 8.78 Å². The maximum absolute atomic E-state index is 13.8. The number of nitrogens with zero attached hydrogens (tertiary/aromatic N) is 2. The Kier molecular flexibility index (Phi) is 5.22. The van der Waals surface area contributed by atoms with Crippen molar-refractivity contribution in [3.8, 4) is 11.5 Å². The molecule has 1 spiro atoms. The van der Waals surface area contributed by atoms with E-state index in [4.69, 9.17) is 4.52 Å². The first-order chi connectivity index (χ1) is 12.5. The van der Waals surface area contributed by atoms with Crippen LogP contribution in [0.4, 0.5) is 8.78 Å². The van der Waals surface area contributed by atoms with Crippen LogP contribution in [-0.2, 0) is 11.3 Å². The molecule has 2 fully saturated rings. The summed E-state index contributed by atoms with van der Waals surface area (Å²) < 4.78 is 32.5. The van der Waals surface area contributed by atoms with Crippen molar-refractivity contribution in [2.45, 2.75) is 32.7 Å². The maximum Gasteiger partial charge on any atom is 0.263 e. The number of halogens is 3. The molecule has 1 saturated heterocycles. The molecule has 1 atom stereocenters. The summed E-state index contributed by atoms with van der Waals surface area (Å²) >= 11 is 0. The summed E-state index contributed by atoms with van der Waals surface area (Å²) in [5.74, 6) is -1.65. The minimum absolute atomic E-state index is 0. The number of hydrogen-bond acceptors (Lipinski definition) is 5. The molecule has 4 rings (SSSR count). The average molecular weight is 399 g/mol. The molecule has 0 bridgehead atoms. The zero-order chi connectivity index (χ0) is 18.4. The van der Waals surface area contributed by atoms with Gasteiger partial charge in [0.05, 0.1) is 12.0 Å². The summed E-state index contributed by atoms with van der Waals surface area (Å²) in [6.07, 6.45) is 2.87. The fraction of sp³-hybridized carbons (Fsp3) is 0.500. The van der Waals surface area contributed by atoms with Gasteiger partial charge in [0.1, 0.15) is 17.2 Å². The fourth-order valence-corrected chi connectivity index (χ4v) is 4.07. The minimum Gasteiger partial charge on any atom is -0.348 e. The monoisotopic (exact) mass is 398 g/mol.